The van der Waals surface area contributed by atoms with Gasteiger partial charge >= 0.3 is 0 Å². The Morgan fingerprint density at radius 3 is 2.82 bits per heavy atom. The maximum absolute atomic E-state index is 13.2. The molecule has 2 aliphatic rings. The Labute approximate surface area is 161 Å². The second kappa shape index (κ2) is 6.69. The molecule has 3 aromatic rings. The van der Waals surface area contributed by atoms with Crippen LogP contribution in [0.3, 0.4) is 0 Å². The molecule has 142 valence electrons. The van der Waals surface area contributed by atoms with E-state index < -0.39 is 0 Å². The van der Waals surface area contributed by atoms with Crippen molar-refractivity contribution in [3.05, 3.63) is 76.6 Å². The molecule has 28 heavy (non-hydrogen) atoms. The van der Waals surface area contributed by atoms with Gasteiger partial charge in [0.1, 0.15) is 0 Å². The Hall–Kier alpha value is -3.32. The van der Waals surface area contributed by atoms with Crippen molar-refractivity contribution < 1.29 is 19.0 Å². The Bertz CT molecular complexity index is 1030. The van der Waals surface area contributed by atoms with E-state index >= 15 is 0 Å². The van der Waals surface area contributed by atoms with E-state index in [1.807, 2.05) is 53.4 Å². The SMILES string of the molecule is COCc1[nH]nc2c1C(c1ccc3c(c1)OCO3)N(Cc1ccccc1)C2=O. The van der Waals surface area contributed by atoms with Crippen molar-refractivity contribution in [1.29, 1.82) is 0 Å². The number of fused-ring (bicyclic) bond motifs is 2. The molecule has 1 atom stereocenters. The Morgan fingerprint density at radius 2 is 2.00 bits per heavy atom. The van der Waals surface area contributed by atoms with Gasteiger partial charge in [0.15, 0.2) is 17.2 Å². The second-order valence-electron chi connectivity index (χ2n) is 6.83. The van der Waals surface area contributed by atoms with Gasteiger partial charge in [-0.3, -0.25) is 9.89 Å². The van der Waals surface area contributed by atoms with E-state index in [2.05, 4.69) is 10.2 Å². The number of ether oxygens (including phenoxy) is 3. The van der Waals surface area contributed by atoms with Gasteiger partial charge in [-0.2, -0.15) is 5.10 Å². The van der Waals surface area contributed by atoms with E-state index in [4.69, 9.17) is 14.2 Å². The Balaban J connectivity index is 1.61. The van der Waals surface area contributed by atoms with E-state index in [1.165, 1.54) is 0 Å². The summed E-state index contributed by atoms with van der Waals surface area (Å²) in [6.07, 6.45) is 0. The third kappa shape index (κ3) is 2.63. The average Bonchev–Trinajstić information content (AvgIpc) is 3.41. The number of methoxy groups -OCH3 is 1. The van der Waals surface area contributed by atoms with Gasteiger partial charge in [0.25, 0.3) is 5.91 Å². The summed E-state index contributed by atoms with van der Waals surface area (Å²) in [6, 6.07) is 15.5. The lowest BCUT2D eigenvalue weighted by molar-refractivity contribution is 0.0728. The smallest absolute Gasteiger partial charge is 0.275 e. The second-order valence-corrected chi connectivity index (χ2v) is 6.83. The lowest BCUT2D eigenvalue weighted by atomic mass is 9.98. The topological polar surface area (TPSA) is 76.7 Å². The van der Waals surface area contributed by atoms with Gasteiger partial charge in [0, 0.05) is 19.2 Å². The molecule has 0 spiro atoms. The molecule has 3 heterocycles. The van der Waals surface area contributed by atoms with Crippen molar-refractivity contribution in [2.75, 3.05) is 13.9 Å². The molecule has 1 aromatic heterocycles. The van der Waals surface area contributed by atoms with E-state index in [-0.39, 0.29) is 18.7 Å². The Morgan fingerprint density at radius 1 is 1.18 bits per heavy atom. The zero-order valence-electron chi connectivity index (χ0n) is 15.3. The molecule has 5 rings (SSSR count). The molecule has 0 bridgehead atoms. The number of aromatic amines is 1. The first-order valence-corrected chi connectivity index (χ1v) is 9.07. The third-order valence-electron chi connectivity index (χ3n) is 5.13. The highest BCUT2D eigenvalue weighted by atomic mass is 16.7. The van der Waals surface area contributed by atoms with Crippen LogP contribution < -0.4 is 9.47 Å². The van der Waals surface area contributed by atoms with E-state index in [9.17, 15) is 4.79 Å². The largest absolute Gasteiger partial charge is 0.454 e. The maximum Gasteiger partial charge on any atom is 0.275 e. The lowest BCUT2D eigenvalue weighted by Crippen LogP contribution is -2.29. The number of aromatic nitrogens is 2. The molecular weight excluding hydrogens is 358 g/mol. The predicted molar refractivity (Wildman–Crippen MR) is 100 cm³/mol. The minimum atomic E-state index is -0.277. The van der Waals surface area contributed by atoms with Crippen LogP contribution in [-0.2, 0) is 17.9 Å². The van der Waals surface area contributed by atoms with E-state index in [0.29, 0.717) is 30.3 Å². The zero-order valence-corrected chi connectivity index (χ0v) is 15.3. The fourth-order valence-corrected chi connectivity index (χ4v) is 3.88. The van der Waals surface area contributed by atoms with Crippen molar-refractivity contribution >= 4 is 5.91 Å². The van der Waals surface area contributed by atoms with Crippen LogP contribution in [0.5, 0.6) is 11.5 Å². The quantitative estimate of drug-likeness (QED) is 0.740. The summed E-state index contributed by atoms with van der Waals surface area (Å²) in [4.78, 5) is 15.0. The van der Waals surface area contributed by atoms with Crippen LogP contribution in [0.2, 0.25) is 0 Å². The molecule has 7 nitrogen and oxygen atoms in total. The standard InChI is InChI=1S/C21H19N3O4/c1-26-11-15-18-19(23-22-15)21(25)24(10-13-5-3-2-4-6-13)20(18)14-7-8-16-17(9-14)28-12-27-16/h2-9,20H,10-12H2,1H3,(H,22,23). The average molecular weight is 377 g/mol. The van der Waals surface area contributed by atoms with E-state index in [1.54, 1.807) is 7.11 Å². The van der Waals surface area contributed by atoms with Crippen LogP contribution in [0.1, 0.15) is 38.9 Å². The molecule has 1 amide bonds. The number of benzene rings is 2. The van der Waals surface area contributed by atoms with E-state index in [0.717, 1.165) is 22.4 Å². The zero-order chi connectivity index (χ0) is 19.1. The number of H-pyrrole nitrogens is 1. The van der Waals surface area contributed by atoms with Crippen LogP contribution in [-0.4, -0.2) is 34.9 Å². The summed E-state index contributed by atoms with van der Waals surface area (Å²) in [5.41, 5.74) is 4.13. The highest BCUT2D eigenvalue weighted by Gasteiger charge is 2.42. The first-order valence-electron chi connectivity index (χ1n) is 9.07. The van der Waals surface area contributed by atoms with Crippen molar-refractivity contribution in [2.24, 2.45) is 0 Å². The highest BCUT2D eigenvalue weighted by Crippen LogP contribution is 2.43. The fourth-order valence-electron chi connectivity index (χ4n) is 3.88. The van der Waals surface area contributed by atoms with Crippen LogP contribution in [0.4, 0.5) is 0 Å². The fraction of sp³-hybridized carbons (Fsp3) is 0.238. The molecule has 7 heteroatoms. The minimum Gasteiger partial charge on any atom is -0.454 e. The summed E-state index contributed by atoms with van der Waals surface area (Å²) in [7, 11) is 1.63. The number of rotatable bonds is 5. The minimum absolute atomic E-state index is 0.0971. The molecule has 0 saturated carbocycles. The number of carbonyl (C=O) groups excluding carboxylic acids is 1. The monoisotopic (exact) mass is 377 g/mol. The number of hydrogen-bond donors (Lipinski definition) is 1. The Kier molecular flexibility index (Phi) is 4.02. The summed E-state index contributed by atoms with van der Waals surface area (Å²) in [5, 5.41) is 7.25. The maximum atomic E-state index is 13.2. The van der Waals surface area contributed by atoms with Gasteiger partial charge in [-0.05, 0) is 23.3 Å². The van der Waals surface area contributed by atoms with Crippen molar-refractivity contribution in [3.8, 4) is 11.5 Å². The van der Waals surface area contributed by atoms with Gasteiger partial charge in [0.2, 0.25) is 6.79 Å². The van der Waals surface area contributed by atoms with Gasteiger partial charge in [-0.15, -0.1) is 0 Å². The van der Waals surface area contributed by atoms with Crippen molar-refractivity contribution in [2.45, 2.75) is 19.2 Å². The van der Waals surface area contributed by atoms with Gasteiger partial charge in [0.05, 0.1) is 18.3 Å². The third-order valence-corrected chi connectivity index (χ3v) is 5.13. The number of nitrogens with zero attached hydrogens (tertiary/aromatic N) is 2. The number of hydrogen-bond acceptors (Lipinski definition) is 5. The van der Waals surface area contributed by atoms with Gasteiger partial charge in [-0.25, -0.2) is 0 Å². The van der Waals surface area contributed by atoms with Crippen molar-refractivity contribution in [1.82, 2.24) is 15.1 Å². The number of nitrogens with one attached hydrogen (secondary N) is 1. The molecule has 1 unspecified atom stereocenters. The molecule has 0 saturated heterocycles. The first kappa shape index (κ1) is 16.8. The summed E-state index contributed by atoms with van der Waals surface area (Å²) >= 11 is 0. The number of amides is 1. The summed E-state index contributed by atoms with van der Waals surface area (Å²) in [6.45, 7) is 1.05. The van der Waals surface area contributed by atoms with Gasteiger partial charge < -0.3 is 19.1 Å². The van der Waals surface area contributed by atoms with Crippen molar-refractivity contribution in [3.63, 3.8) is 0 Å². The molecule has 2 aromatic carbocycles. The molecule has 2 aliphatic heterocycles. The van der Waals surface area contributed by atoms with Crippen LogP contribution in [0.15, 0.2) is 48.5 Å². The van der Waals surface area contributed by atoms with Crippen LogP contribution >= 0.6 is 0 Å². The van der Waals surface area contributed by atoms with Crippen LogP contribution in [0, 0.1) is 0 Å². The normalized spacial score (nSPS) is 17.2. The molecule has 1 N–H and O–H groups in total. The van der Waals surface area contributed by atoms with Crippen LogP contribution in [0.25, 0.3) is 0 Å². The molecular formula is C21H19N3O4. The molecule has 0 aliphatic carbocycles. The lowest BCUT2D eigenvalue weighted by Gasteiger charge is -2.26. The molecule has 0 fully saturated rings. The first-order chi connectivity index (χ1) is 13.8. The summed E-state index contributed by atoms with van der Waals surface area (Å²) in [5.74, 6) is 1.31. The highest BCUT2D eigenvalue weighted by molar-refractivity contribution is 5.98. The van der Waals surface area contributed by atoms with Gasteiger partial charge in [-0.1, -0.05) is 36.4 Å². The molecule has 0 radical (unpaired) electrons. The number of carbonyl (C=O) groups is 1. The summed E-state index contributed by atoms with van der Waals surface area (Å²) < 4.78 is 16.3. The predicted octanol–water partition coefficient (Wildman–Crippen LogP) is 3.03.